The van der Waals surface area contributed by atoms with Crippen LogP contribution in [0.3, 0.4) is 0 Å². The Bertz CT molecular complexity index is 426. The molecule has 2 rings (SSSR count). The predicted octanol–water partition coefficient (Wildman–Crippen LogP) is 3.19. The molecule has 1 aromatic carbocycles. The second-order valence-corrected chi connectivity index (χ2v) is 5.00. The van der Waals surface area contributed by atoms with E-state index in [1.165, 1.54) is 6.07 Å². The van der Waals surface area contributed by atoms with Gasteiger partial charge in [0.1, 0.15) is 5.75 Å². The second-order valence-electron chi connectivity index (χ2n) is 3.57. The van der Waals surface area contributed by atoms with E-state index >= 15 is 0 Å². The average molecular weight is 258 g/mol. The van der Waals surface area contributed by atoms with Gasteiger partial charge in [-0.25, -0.2) is 0 Å². The smallest absolute Gasteiger partial charge is 0.387 e. The lowest BCUT2D eigenvalue weighted by Crippen LogP contribution is -2.09. The maximum Gasteiger partial charge on any atom is 0.387 e. The van der Waals surface area contributed by atoms with Crippen molar-refractivity contribution in [2.24, 2.45) is 4.99 Å². The molecule has 0 fully saturated rings. The van der Waals surface area contributed by atoms with Crippen LogP contribution < -0.4 is 10.1 Å². The fourth-order valence-corrected chi connectivity index (χ4v) is 2.28. The Morgan fingerprint density at radius 1 is 1.47 bits per heavy atom. The minimum absolute atomic E-state index is 0.130. The number of anilines is 1. The van der Waals surface area contributed by atoms with E-state index in [9.17, 15) is 8.78 Å². The van der Waals surface area contributed by atoms with Gasteiger partial charge < -0.3 is 10.1 Å². The first-order valence-corrected chi connectivity index (χ1v) is 6.05. The van der Waals surface area contributed by atoms with E-state index in [0.717, 1.165) is 11.7 Å². The van der Waals surface area contributed by atoms with Crippen molar-refractivity contribution in [3.63, 3.8) is 0 Å². The maximum absolute atomic E-state index is 12.2. The van der Waals surface area contributed by atoms with Crippen molar-refractivity contribution in [2.45, 2.75) is 18.8 Å². The monoisotopic (exact) mass is 258 g/mol. The van der Waals surface area contributed by atoms with Gasteiger partial charge in [0.2, 0.25) is 0 Å². The van der Waals surface area contributed by atoms with Crippen molar-refractivity contribution in [1.29, 1.82) is 0 Å². The molecule has 0 amide bonds. The molecule has 0 saturated carbocycles. The lowest BCUT2D eigenvalue weighted by Gasteiger charge is -2.12. The van der Waals surface area contributed by atoms with Crippen molar-refractivity contribution >= 4 is 22.6 Å². The molecule has 0 saturated heterocycles. The highest BCUT2D eigenvalue weighted by atomic mass is 32.2. The quantitative estimate of drug-likeness (QED) is 0.904. The zero-order valence-electron chi connectivity index (χ0n) is 9.19. The summed E-state index contributed by atoms with van der Waals surface area (Å²) in [5.41, 5.74) is 0.508. The highest BCUT2D eigenvalue weighted by molar-refractivity contribution is 8.15. The molecule has 1 heterocycles. The lowest BCUT2D eigenvalue weighted by molar-refractivity contribution is -0.0493. The van der Waals surface area contributed by atoms with E-state index in [4.69, 9.17) is 0 Å². The number of ether oxygens (including phenoxy) is 1. The summed E-state index contributed by atoms with van der Waals surface area (Å²) in [6.07, 6.45) is 0. The normalized spacial score (nSPS) is 19.3. The molecule has 3 nitrogen and oxygen atoms in total. The zero-order chi connectivity index (χ0) is 12.3. The molecule has 1 aliphatic heterocycles. The van der Waals surface area contributed by atoms with Crippen LogP contribution in [0, 0.1) is 0 Å². The average Bonchev–Trinajstić information content (AvgIpc) is 2.66. The molecule has 17 heavy (non-hydrogen) atoms. The number of thioether (sulfide) groups is 1. The van der Waals surface area contributed by atoms with Crippen LogP contribution in [0.5, 0.6) is 5.75 Å². The summed E-state index contributed by atoms with van der Waals surface area (Å²) < 4.78 is 28.8. The summed E-state index contributed by atoms with van der Waals surface area (Å²) >= 11 is 1.58. The minimum atomic E-state index is -2.82. The fourth-order valence-electron chi connectivity index (χ4n) is 1.43. The first-order valence-electron chi connectivity index (χ1n) is 5.17. The lowest BCUT2D eigenvalue weighted by atomic mass is 10.3. The first-order chi connectivity index (χ1) is 8.15. The predicted molar refractivity (Wildman–Crippen MR) is 66.1 cm³/mol. The van der Waals surface area contributed by atoms with Crippen molar-refractivity contribution in [2.75, 3.05) is 11.9 Å². The number of nitrogens with one attached hydrogen (secondary N) is 1. The number of aliphatic imine (C=N–C) groups is 1. The van der Waals surface area contributed by atoms with Crippen LogP contribution in [0.2, 0.25) is 0 Å². The summed E-state index contributed by atoms with van der Waals surface area (Å²) in [6, 6.07) is 6.58. The van der Waals surface area contributed by atoms with Gasteiger partial charge in [-0.1, -0.05) is 30.8 Å². The van der Waals surface area contributed by atoms with Crippen molar-refractivity contribution in [1.82, 2.24) is 0 Å². The van der Waals surface area contributed by atoms with E-state index in [1.54, 1.807) is 30.0 Å². The highest BCUT2D eigenvalue weighted by Gasteiger charge is 2.17. The van der Waals surface area contributed by atoms with E-state index < -0.39 is 6.61 Å². The zero-order valence-corrected chi connectivity index (χ0v) is 10.0. The number of nitrogens with zero attached hydrogens (tertiary/aromatic N) is 1. The van der Waals surface area contributed by atoms with Gasteiger partial charge in [-0.2, -0.15) is 8.78 Å². The van der Waals surface area contributed by atoms with Crippen LogP contribution in [0.4, 0.5) is 14.5 Å². The Morgan fingerprint density at radius 3 is 2.88 bits per heavy atom. The fraction of sp³-hybridized carbons (Fsp3) is 0.364. The topological polar surface area (TPSA) is 33.6 Å². The Balaban J connectivity index is 2.09. The van der Waals surface area contributed by atoms with E-state index in [-0.39, 0.29) is 5.75 Å². The first kappa shape index (κ1) is 12.2. The summed E-state index contributed by atoms with van der Waals surface area (Å²) in [5, 5.41) is 4.16. The summed E-state index contributed by atoms with van der Waals surface area (Å²) in [4.78, 5) is 4.26. The molecule has 0 radical (unpaired) electrons. The highest BCUT2D eigenvalue weighted by Crippen LogP contribution is 2.28. The molecular weight excluding hydrogens is 246 g/mol. The van der Waals surface area contributed by atoms with Crippen LogP contribution in [0.25, 0.3) is 0 Å². The third kappa shape index (κ3) is 3.33. The molecule has 1 aliphatic rings. The standard InChI is InChI=1S/C11H12F2N2OS/c1-7-6-14-11(17-7)15-8-4-2-3-5-9(8)16-10(12)13/h2-5,7,10H,6H2,1H3,(H,14,15). The van der Waals surface area contributed by atoms with Gasteiger partial charge >= 0.3 is 6.61 Å². The molecule has 92 valence electrons. The van der Waals surface area contributed by atoms with Gasteiger partial charge in [-0.3, -0.25) is 4.99 Å². The molecule has 0 bridgehead atoms. The number of amidine groups is 1. The van der Waals surface area contributed by atoms with Gasteiger partial charge in [-0.05, 0) is 12.1 Å². The van der Waals surface area contributed by atoms with Crippen LogP contribution in [0.1, 0.15) is 6.92 Å². The maximum atomic E-state index is 12.2. The molecule has 0 aliphatic carbocycles. The number of para-hydroxylation sites is 2. The summed E-state index contributed by atoms with van der Waals surface area (Å²) in [5.74, 6) is 0.130. The Morgan fingerprint density at radius 2 is 2.24 bits per heavy atom. The van der Waals surface area contributed by atoms with E-state index in [2.05, 4.69) is 22.0 Å². The second kappa shape index (κ2) is 5.35. The van der Waals surface area contributed by atoms with Crippen molar-refractivity contribution in [3.8, 4) is 5.75 Å². The van der Waals surface area contributed by atoms with Gasteiger partial charge in [-0.15, -0.1) is 0 Å². The Labute approximate surface area is 102 Å². The molecule has 0 aromatic heterocycles. The minimum Gasteiger partial charge on any atom is -0.433 e. The molecule has 6 heteroatoms. The molecule has 1 aromatic rings. The molecule has 1 N–H and O–H groups in total. The summed E-state index contributed by atoms with van der Waals surface area (Å²) in [7, 11) is 0. The largest absolute Gasteiger partial charge is 0.433 e. The van der Waals surface area contributed by atoms with Crippen molar-refractivity contribution < 1.29 is 13.5 Å². The number of rotatable bonds is 3. The number of alkyl halides is 2. The Hall–Kier alpha value is -1.30. The number of hydrogen-bond acceptors (Lipinski definition) is 4. The van der Waals surface area contributed by atoms with Gasteiger partial charge in [0.25, 0.3) is 0 Å². The third-order valence-corrected chi connectivity index (χ3v) is 3.16. The molecular formula is C11H12F2N2OS. The van der Waals surface area contributed by atoms with Crippen LogP contribution in [0.15, 0.2) is 29.3 Å². The number of halogens is 2. The SMILES string of the molecule is CC1CN=C(Nc2ccccc2OC(F)F)S1. The molecule has 1 unspecified atom stereocenters. The van der Waals surface area contributed by atoms with Gasteiger partial charge in [0.15, 0.2) is 5.17 Å². The van der Waals surface area contributed by atoms with Gasteiger partial charge in [0, 0.05) is 5.25 Å². The third-order valence-electron chi connectivity index (χ3n) is 2.15. The number of benzene rings is 1. The van der Waals surface area contributed by atoms with Crippen LogP contribution in [-0.4, -0.2) is 23.6 Å². The number of hydrogen-bond donors (Lipinski definition) is 1. The van der Waals surface area contributed by atoms with E-state index in [1.807, 2.05) is 0 Å². The van der Waals surface area contributed by atoms with Crippen LogP contribution in [-0.2, 0) is 0 Å². The molecule has 1 atom stereocenters. The van der Waals surface area contributed by atoms with Gasteiger partial charge in [0.05, 0.1) is 12.2 Å². The molecule has 0 spiro atoms. The Kier molecular flexibility index (Phi) is 3.83. The van der Waals surface area contributed by atoms with Crippen molar-refractivity contribution in [3.05, 3.63) is 24.3 Å². The summed E-state index contributed by atoms with van der Waals surface area (Å²) in [6.45, 7) is -0.0232. The van der Waals surface area contributed by atoms with Crippen LogP contribution >= 0.6 is 11.8 Å². The van der Waals surface area contributed by atoms with E-state index in [0.29, 0.717) is 10.9 Å².